The van der Waals surface area contributed by atoms with E-state index in [4.69, 9.17) is 10.5 Å². The normalized spacial score (nSPS) is 16.1. The van der Waals surface area contributed by atoms with Crippen LogP contribution in [0.3, 0.4) is 0 Å². The highest BCUT2D eigenvalue weighted by Gasteiger charge is 2.21. The molecule has 1 unspecified atom stereocenters. The van der Waals surface area contributed by atoms with Crippen LogP contribution in [0.1, 0.15) is 29.2 Å². The maximum atomic E-state index is 11.3. The summed E-state index contributed by atoms with van der Waals surface area (Å²) in [6.45, 7) is 9.22. The van der Waals surface area contributed by atoms with Gasteiger partial charge in [0.25, 0.3) is 0 Å². The molecule has 1 aliphatic rings. The van der Waals surface area contributed by atoms with Crippen molar-refractivity contribution in [3.05, 3.63) is 65.2 Å². The molecule has 0 aliphatic carbocycles. The number of amides is 1. The predicted octanol–water partition coefficient (Wildman–Crippen LogP) is 3.65. The van der Waals surface area contributed by atoms with Crippen molar-refractivity contribution in [1.82, 2.24) is 4.90 Å². The molecule has 5 heteroatoms. The van der Waals surface area contributed by atoms with Gasteiger partial charge < -0.3 is 15.4 Å². The molecule has 144 valence electrons. The largest absolute Gasteiger partial charge is 0.441 e. The first kappa shape index (κ1) is 19.2. The quantitative estimate of drug-likeness (QED) is 0.847. The Morgan fingerprint density at radius 3 is 2.37 bits per heavy atom. The summed E-state index contributed by atoms with van der Waals surface area (Å²) in [7, 11) is 0. The van der Waals surface area contributed by atoms with Crippen molar-refractivity contribution in [1.29, 1.82) is 0 Å². The number of carbonyl (C=O) groups excluding carboxylic acids is 1. The molecular formula is C22H29N3O2. The highest BCUT2D eigenvalue weighted by atomic mass is 16.6. The van der Waals surface area contributed by atoms with Gasteiger partial charge in [-0.15, -0.1) is 0 Å². The highest BCUT2D eigenvalue weighted by Crippen LogP contribution is 2.23. The minimum absolute atomic E-state index is 0.290. The molecule has 1 saturated heterocycles. The maximum Gasteiger partial charge on any atom is 0.405 e. The maximum absolute atomic E-state index is 11.3. The molecule has 2 N–H and O–H groups in total. The fraction of sp³-hybridized carbons (Fsp3) is 0.409. The third-order valence-electron chi connectivity index (χ3n) is 5.37. The molecule has 5 nitrogen and oxygen atoms in total. The number of primary amides is 1. The average Bonchev–Trinajstić information content (AvgIpc) is 2.68. The Hall–Kier alpha value is -2.53. The summed E-state index contributed by atoms with van der Waals surface area (Å²) >= 11 is 0. The van der Waals surface area contributed by atoms with Gasteiger partial charge in [-0.2, -0.15) is 0 Å². The number of hydrogen-bond acceptors (Lipinski definition) is 4. The molecule has 0 radical (unpaired) electrons. The van der Waals surface area contributed by atoms with E-state index in [-0.39, 0.29) is 6.10 Å². The first-order valence-electron chi connectivity index (χ1n) is 9.58. The minimum atomic E-state index is -0.719. The molecule has 27 heavy (non-hydrogen) atoms. The van der Waals surface area contributed by atoms with Gasteiger partial charge in [0.1, 0.15) is 6.10 Å². The van der Waals surface area contributed by atoms with Crippen LogP contribution in [0.25, 0.3) is 0 Å². The van der Waals surface area contributed by atoms with Crippen LogP contribution in [0, 0.1) is 13.8 Å². The SMILES string of the molecule is Cc1ccc(N2CCN(CCC(OC(N)=O)c3ccccc3)CC2)cc1C. The van der Waals surface area contributed by atoms with E-state index in [9.17, 15) is 4.79 Å². The van der Waals surface area contributed by atoms with Crippen molar-refractivity contribution < 1.29 is 9.53 Å². The second kappa shape index (κ2) is 8.91. The van der Waals surface area contributed by atoms with Gasteiger partial charge in [-0.05, 0) is 42.7 Å². The van der Waals surface area contributed by atoms with Gasteiger partial charge in [0, 0.05) is 44.8 Å². The van der Waals surface area contributed by atoms with Gasteiger partial charge in [-0.1, -0.05) is 36.4 Å². The number of rotatable bonds is 6. The molecular weight excluding hydrogens is 338 g/mol. The van der Waals surface area contributed by atoms with Crippen molar-refractivity contribution in [2.45, 2.75) is 26.4 Å². The summed E-state index contributed by atoms with van der Waals surface area (Å²) < 4.78 is 5.34. The van der Waals surface area contributed by atoms with Gasteiger partial charge in [0.15, 0.2) is 0 Å². The third kappa shape index (κ3) is 5.23. The number of nitrogens with two attached hydrogens (primary N) is 1. The lowest BCUT2D eigenvalue weighted by Gasteiger charge is -2.36. The molecule has 1 fully saturated rings. The Labute approximate surface area is 161 Å². The number of ether oxygens (including phenoxy) is 1. The van der Waals surface area contributed by atoms with Gasteiger partial charge in [-0.3, -0.25) is 4.90 Å². The predicted molar refractivity (Wildman–Crippen MR) is 109 cm³/mol. The third-order valence-corrected chi connectivity index (χ3v) is 5.37. The fourth-order valence-corrected chi connectivity index (χ4v) is 3.55. The number of anilines is 1. The first-order valence-corrected chi connectivity index (χ1v) is 9.58. The van der Waals surface area contributed by atoms with E-state index in [1.54, 1.807) is 0 Å². The second-order valence-corrected chi connectivity index (χ2v) is 7.22. The molecule has 1 amide bonds. The standard InChI is InChI=1S/C22H29N3O2/c1-17-8-9-20(16-18(17)2)25-14-12-24(13-15-25)11-10-21(27-22(23)26)19-6-4-3-5-7-19/h3-9,16,21H,10-15H2,1-2H3,(H2,23,26). The zero-order valence-corrected chi connectivity index (χ0v) is 16.2. The van der Waals surface area contributed by atoms with E-state index in [0.717, 1.165) is 44.7 Å². The molecule has 3 rings (SSSR count). The van der Waals surface area contributed by atoms with E-state index in [1.165, 1.54) is 16.8 Å². The summed E-state index contributed by atoms with van der Waals surface area (Å²) in [4.78, 5) is 16.1. The molecule has 2 aromatic rings. The van der Waals surface area contributed by atoms with E-state index < -0.39 is 6.09 Å². The summed E-state index contributed by atoms with van der Waals surface area (Å²) in [6.07, 6.45) is -0.263. The van der Waals surface area contributed by atoms with Crippen LogP contribution in [0.15, 0.2) is 48.5 Å². The van der Waals surface area contributed by atoms with Gasteiger partial charge in [0.2, 0.25) is 0 Å². The number of nitrogens with zero attached hydrogens (tertiary/aromatic N) is 2. The number of aryl methyl sites for hydroxylation is 2. The van der Waals surface area contributed by atoms with Crippen molar-refractivity contribution in [2.75, 3.05) is 37.6 Å². The van der Waals surface area contributed by atoms with Crippen LogP contribution in [0.2, 0.25) is 0 Å². The Bertz CT molecular complexity index is 755. The zero-order chi connectivity index (χ0) is 19.2. The van der Waals surface area contributed by atoms with Crippen molar-refractivity contribution in [2.24, 2.45) is 5.73 Å². The average molecular weight is 367 g/mol. The van der Waals surface area contributed by atoms with Crippen LogP contribution in [0.5, 0.6) is 0 Å². The number of hydrogen-bond donors (Lipinski definition) is 1. The Morgan fingerprint density at radius 2 is 1.74 bits per heavy atom. The Morgan fingerprint density at radius 1 is 1.04 bits per heavy atom. The van der Waals surface area contributed by atoms with Gasteiger partial charge >= 0.3 is 6.09 Å². The van der Waals surface area contributed by atoms with Crippen molar-refractivity contribution in [3.63, 3.8) is 0 Å². The molecule has 1 heterocycles. The summed E-state index contributed by atoms with van der Waals surface area (Å²) in [5, 5.41) is 0. The lowest BCUT2D eigenvalue weighted by molar-refractivity contribution is 0.0910. The van der Waals surface area contributed by atoms with Crippen LogP contribution in [-0.4, -0.2) is 43.7 Å². The van der Waals surface area contributed by atoms with Gasteiger partial charge in [-0.25, -0.2) is 4.79 Å². The molecule has 0 saturated carbocycles. The van der Waals surface area contributed by atoms with E-state index in [0.29, 0.717) is 0 Å². The molecule has 0 spiro atoms. The fourth-order valence-electron chi connectivity index (χ4n) is 3.55. The molecule has 1 aliphatic heterocycles. The van der Waals surface area contributed by atoms with Crippen molar-refractivity contribution >= 4 is 11.8 Å². The molecule has 2 aromatic carbocycles. The van der Waals surface area contributed by atoms with Crippen LogP contribution in [-0.2, 0) is 4.74 Å². The topological polar surface area (TPSA) is 58.8 Å². The minimum Gasteiger partial charge on any atom is -0.441 e. The monoisotopic (exact) mass is 367 g/mol. The van der Waals surface area contributed by atoms with Gasteiger partial charge in [0.05, 0.1) is 0 Å². The van der Waals surface area contributed by atoms with E-state index in [1.807, 2.05) is 30.3 Å². The second-order valence-electron chi connectivity index (χ2n) is 7.22. The zero-order valence-electron chi connectivity index (χ0n) is 16.2. The van der Waals surface area contributed by atoms with Crippen LogP contribution < -0.4 is 10.6 Å². The first-order chi connectivity index (χ1) is 13.0. The Balaban J connectivity index is 1.53. The van der Waals surface area contributed by atoms with E-state index in [2.05, 4.69) is 41.8 Å². The highest BCUT2D eigenvalue weighted by molar-refractivity contribution is 5.65. The molecule has 1 atom stereocenters. The molecule has 0 aromatic heterocycles. The number of benzene rings is 2. The van der Waals surface area contributed by atoms with Crippen molar-refractivity contribution in [3.8, 4) is 0 Å². The smallest absolute Gasteiger partial charge is 0.405 e. The summed E-state index contributed by atoms with van der Waals surface area (Å²) in [5.41, 5.74) is 10.2. The lowest BCUT2D eigenvalue weighted by atomic mass is 10.1. The van der Waals surface area contributed by atoms with E-state index >= 15 is 0 Å². The lowest BCUT2D eigenvalue weighted by Crippen LogP contribution is -2.47. The number of carbonyl (C=O) groups is 1. The molecule has 0 bridgehead atoms. The number of piperazine rings is 1. The van der Waals surface area contributed by atoms with Crippen LogP contribution >= 0.6 is 0 Å². The summed E-state index contributed by atoms with van der Waals surface area (Å²) in [6, 6.07) is 16.5. The Kier molecular flexibility index (Phi) is 6.35. The van der Waals surface area contributed by atoms with Crippen LogP contribution in [0.4, 0.5) is 10.5 Å². The summed E-state index contributed by atoms with van der Waals surface area (Å²) in [5.74, 6) is 0.